The van der Waals surface area contributed by atoms with Crippen molar-refractivity contribution >= 4 is 5.97 Å². The summed E-state index contributed by atoms with van der Waals surface area (Å²) in [6.07, 6.45) is 6.70. The Morgan fingerprint density at radius 2 is 1.92 bits per heavy atom. The third-order valence-electron chi connectivity index (χ3n) is 4.24. The molecule has 0 saturated heterocycles. The van der Waals surface area contributed by atoms with Gasteiger partial charge in [-0.05, 0) is 18.9 Å². The fourth-order valence-electron chi connectivity index (χ4n) is 2.50. The van der Waals surface area contributed by atoms with Gasteiger partial charge >= 0.3 is 5.97 Å². The highest BCUT2D eigenvalue weighted by molar-refractivity contribution is 5.70. The van der Waals surface area contributed by atoms with E-state index in [2.05, 4.69) is 25.1 Å². The van der Waals surface area contributed by atoms with E-state index in [-0.39, 0.29) is 12.0 Å². The molecular formula is C20H29NO3. The Labute approximate surface area is 145 Å². The molecule has 132 valence electrons. The van der Waals surface area contributed by atoms with Crippen molar-refractivity contribution in [1.82, 2.24) is 0 Å². The number of methoxy groups -OCH3 is 1. The van der Waals surface area contributed by atoms with Gasteiger partial charge in [0.1, 0.15) is 0 Å². The van der Waals surface area contributed by atoms with E-state index >= 15 is 0 Å². The molecule has 0 spiro atoms. The number of rotatable bonds is 9. The number of allylic oxidation sites excluding steroid dienone is 2. The van der Waals surface area contributed by atoms with Crippen LogP contribution in [-0.2, 0) is 16.0 Å². The standard InChI is InChI=1S/C20H29NO3/c1-14(10-11-18(21)16(3)20(22)23)12-15(2)19(24-4)13-17-8-6-5-7-9-17/h5-12,15-16,18-19H,13,21H2,1-4H3,(H,22,23)/b11-10+,14-12-. The molecule has 0 fully saturated rings. The third kappa shape index (κ3) is 6.69. The lowest BCUT2D eigenvalue weighted by Gasteiger charge is -2.21. The van der Waals surface area contributed by atoms with E-state index < -0.39 is 17.9 Å². The van der Waals surface area contributed by atoms with Crippen molar-refractivity contribution < 1.29 is 14.6 Å². The Balaban J connectivity index is 2.69. The second-order valence-corrected chi connectivity index (χ2v) is 6.30. The lowest BCUT2D eigenvalue weighted by atomic mass is 9.95. The second kappa shape index (κ2) is 10.1. The van der Waals surface area contributed by atoms with E-state index in [1.54, 1.807) is 20.1 Å². The molecule has 1 aromatic rings. The smallest absolute Gasteiger partial charge is 0.308 e. The second-order valence-electron chi connectivity index (χ2n) is 6.30. The maximum atomic E-state index is 10.9. The summed E-state index contributed by atoms with van der Waals surface area (Å²) in [5.74, 6) is -1.26. The van der Waals surface area contributed by atoms with Gasteiger partial charge in [0.15, 0.2) is 0 Å². The van der Waals surface area contributed by atoms with Crippen molar-refractivity contribution in [2.45, 2.75) is 39.3 Å². The first-order valence-electron chi connectivity index (χ1n) is 8.26. The van der Waals surface area contributed by atoms with Crippen LogP contribution in [0.1, 0.15) is 26.3 Å². The molecule has 24 heavy (non-hydrogen) atoms. The maximum absolute atomic E-state index is 10.9. The Hall–Kier alpha value is -1.91. The zero-order valence-corrected chi connectivity index (χ0v) is 15.0. The van der Waals surface area contributed by atoms with Crippen molar-refractivity contribution in [2.75, 3.05) is 7.11 Å². The molecule has 0 aliphatic heterocycles. The summed E-state index contributed by atoms with van der Waals surface area (Å²) >= 11 is 0. The topological polar surface area (TPSA) is 72.5 Å². The predicted molar refractivity (Wildman–Crippen MR) is 97.8 cm³/mol. The van der Waals surface area contributed by atoms with E-state index in [0.29, 0.717) is 0 Å². The molecule has 0 saturated carbocycles. The molecule has 0 heterocycles. The maximum Gasteiger partial charge on any atom is 0.308 e. The Morgan fingerprint density at radius 3 is 2.46 bits per heavy atom. The molecule has 0 aliphatic carbocycles. The molecule has 4 heteroatoms. The largest absolute Gasteiger partial charge is 0.481 e. The number of ether oxygens (including phenoxy) is 1. The molecule has 4 unspecified atom stereocenters. The summed E-state index contributed by atoms with van der Waals surface area (Å²) in [6, 6.07) is 9.76. The number of benzene rings is 1. The summed E-state index contributed by atoms with van der Waals surface area (Å²) in [5.41, 5.74) is 8.16. The lowest BCUT2D eigenvalue weighted by Crippen LogP contribution is -2.31. The van der Waals surface area contributed by atoms with Gasteiger partial charge in [-0.3, -0.25) is 4.79 Å². The first-order chi connectivity index (χ1) is 11.3. The van der Waals surface area contributed by atoms with Gasteiger partial charge in [-0.15, -0.1) is 0 Å². The highest BCUT2D eigenvalue weighted by Gasteiger charge is 2.17. The normalized spacial score (nSPS) is 17.5. The molecule has 4 atom stereocenters. The average Bonchev–Trinajstić information content (AvgIpc) is 2.57. The van der Waals surface area contributed by atoms with Gasteiger partial charge in [0.25, 0.3) is 0 Å². The van der Waals surface area contributed by atoms with Crippen LogP contribution in [0.15, 0.2) is 54.1 Å². The summed E-state index contributed by atoms with van der Waals surface area (Å²) in [5, 5.41) is 8.96. The first kappa shape index (κ1) is 20.1. The van der Waals surface area contributed by atoms with Crippen LogP contribution in [0.2, 0.25) is 0 Å². The van der Waals surface area contributed by atoms with Crippen LogP contribution in [0.4, 0.5) is 0 Å². The predicted octanol–water partition coefficient (Wildman–Crippen LogP) is 3.43. The van der Waals surface area contributed by atoms with Gasteiger partial charge in [-0.25, -0.2) is 0 Å². The molecule has 1 aromatic carbocycles. The third-order valence-corrected chi connectivity index (χ3v) is 4.24. The molecule has 4 nitrogen and oxygen atoms in total. The monoisotopic (exact) mass is 331 g/mol. The Bertz CT molecular complexity index is 566. The van der Waals surface area contributed by atoms with E-state index in [9.17, 15) is 4.79 Å². The number of carbonyl (C=O) groups is 1. The minimum absolute atomic E-state index is 0.0855. The number of hydrogen-bond acceptors (Lipinski definition) is 3. The van der Waals surface area contributed by atoms with Crippen molar-refractivity contribution in [3.05, 3.63) is 59.7 Å². The highest BCUT2D eigenvalue weighted by atomic mass is 16.5. The van der Waals surface area contributed by atoms with Gasteiger partial charge < -0.3 is 15.6 Å². The number of hydrogen-bond donors (Lipinski definition) is 2. The van der Waals surface area contributed by atoms with E-state index in [1.807, 2.05) is 31.2 Å². The van der Waals surface area contributed by atoms with Crippen molar-refractivity contribution in [2.24, 2.45) is 17.6 Å². The van der Waals surface area contributed by atoms with Gasteiger partial charge in [-0.2, -0.15) is 0 Å². The SMILES string of the molecule is COC(Cc1ccccc1)C(C)/C=C(C)\C=C\C(N)C(C)C(=O)O. The summed E-state index contributed by atoms with van der Waals surface area (Å²) < 4.78 is 5.64. The van der Waals surface area contributed by atoms with Gasteiger partial charge in [0.2, 0.25) is 0 Å². The van der Waals surface area contributed by atoms with Crippen LogP contribution in [0.5, 0.6) is 0 Å². The summed E-state index contributed by atoms with van der Waals surface area (Å²) in [7, 11) is 1.73. The number of aliphatic carboxylic acids is 1. The van der Waals surface area contributed by atoms with Gasteiger partial charge in [0.05, 0.1) is 12.0 Å². The first-order valence-corrected chi connectivity index (χ1v) is 8.26. The molecule has 0 aliphatic rings. The summed E-state index contributed by atoms with van der Waals surface area (Å²) in [4.78, 5) is 10.9. The van der Waals surface area contributed by atoms with E-state index in [0.717, 1.165) is 12.0 Å². The molecule has 0 radical (unpaired) electrons. The van der Waals surface area contributed by atoms with Crippen LogP contribution in [0.25, 0.3) is 0 Å². The molecule has 0 amide bonds. The van der Waals surface area contributed by atoms with E-state index in [1.165, 1.54) is 5.56 Å². The Kier molecular flexibility index (Phi) is 8.44. The average molecular weight is 331 g/mol. The van der Waals surface area contributed by atoms with E-state index in [4.69, 9.17) is 15.6 Å². The molecule has 0 bridgehead atoms. The van der Waals surface area contributed by atoms with Crippen LogP contribution in [-0.4, -0.2) is 30.3 Å². The molecular weight excluding hydrogens is 302 g/mol. The van der Waals surface area contributed by atoms with Gasteiger partial charge in [0, 0.05) is 19.1 Å². The minimum atomic E-state index is -0.885. The number of carboxylic acid groups (broad SMARTS) is 1. The van der Waals surface area contributed by atoms with Crippen LogP contribution in [0.3, 0.4) is 0 Å². The number of carboxylic acids is 1. The highest BCUT2D eigenvalue weighted by Crippen LogP contribution is 2.17. The fraction of sp³-hybridized carbons (Fsp3) is 0.450. The molecule has 3 N–H and O–H groups in total. The zero-order chi connectivity index (χ0) is 18.1. The van der Waals surface area contributed by atoms with Crippen molar-refractivity contribution in [3.63, 3.8) is 0 Å². The Morgan fingerprint density at radius 1 is 1.29 bits per heavy atom. The van der Waals surface area contributed by atoms with Crippen LogP contribution in [0, 0.1) is 11.8 Å². The fourth-order valence-corrected chi connectivity index (χ4v) is 2.50. The quantitative estimate of drug-likeness (QED) is 0.680. The molecule has 0 aromatic heterocycles. The lowest BCUT2D eigenvalue weighted by molar-refractivity contribution is -0.141. The molecule has 1 rings (SSSR count). The van der Waals surface area contributed by atoms with Gasteiger partial charge in [-0.1, -0.05) is 68.0 Å². The van der Waals surface area contributed by atoms with Crippen molar-refractivity contribution in [1.29, 1.82) is 0 Å². The van der Waals surface area contributed by atoms with Crippen LogP contribution < -0.4 is 5.73 Å². The minimum Gasteiger partial charge on any atom is -0.481 e. The number of nitrogens with two attached hydrogens (primary N) is 1. The summed E-state index contributed by atoms with van der Waals surface area (Å²) in [6.45, 7) is 5.72. The van der Waals surface area contributed by atoms with Crippen LogP contribution >= 0.6 is 0 Å². The van der Waals surface area contributed by atoms with Crippen molar-refractivity contribution in [3.8, 4) is 0 Å². The zero-order valence-electron chi connectivity index (χ0n) is 15.0.